The molecule has 4 rings (SSSR count). The van der Waals surface area contributed by atoms with Gasteiger partial charge in [0.1, 0.15) is 11.4 Å². The molecule has 1 amide bonds. The van der Waals surface area contributed by atoms with Gasteiger partial charge in [0, 0.05) is 54.8 Å². The van der Waals surface area contributed by atoms with Gasteiger partial charge in [0.25, 0.3) is 0 Å². The van der Waals surface area contributed by atoms with Gasteiger partial charge in [-0.2, -0.15) is 0 Å². The number of benzene rings is 1. The largest absolute Gasteiger partial charge is 0.487 e. The number of carbonyl (C=O) groups is 1. The Balaban J connectivity index is 1.46. The Kier molecular flexibility index (Phi) is 6.49. The summed E-state index contributed by atoms with van der Waals surface area (Å²) in [5.41, 5.74) is 1.07. The van der Waals surface area contributed by atoms with Gasteiger partial charge in [0.2, 0.25) is 5.91 Å². The second-order valence-electron chi connectivity index (χ2n) is 8.78. The van der Waals surface area contributed by atoms with E-state index in [-0.39, 0.29) is 17.4 Å². The van der Waals surface area contributed by atoms with E-state index in [4.69, 9.17) is 4.74 Å². The average Bonchev–Trinajstić information content (AvgIpc) is 3.15. The molecule has 1 fully saturated rings. The fourth-order valence-electron chi connectivity index (χ4n) is 5.06. The molecule has 0 aliphatic carbocycles. The predicted molar refractivity (Wildman–Crippen MR) is 123 cm³/mol. The molecule has 0 radical (unpaired) electrons. The summed E-state index contributed by atoms with van der Waals surface area (Å²) >= 11 is 1.90. The lowest BCUT2D eigenvalue weighted by Gasteiger charge is -2.47. The van der Waals surface area contributed by atoms with E-state index in [1.807, 2.05) is 16.2 Å². The highest BCUT2D eigenvalue weighted by Gasteiger charge is 2.43. The van der Waals surface area contributed by atoms with E-state index < -0.39 is 0 Å². The highest BCUT2D eigenvalue weighted by Crippen LogP contribution is 2.46. The van der Waals surface area contributed by atoms with Crippen LogP contribution in [-0.2, 0) is 11.3 Å². The SMILES string of the molecule is CCN(CC)C(=O)CC1CC2(CCN(Cc3ccc(C)s3)CC2)Oc2ccccc21. The fraction of sp³-hybridized carbons (Fsp3) is 0.560. The number of piperidine rings is 1. The highest BCUT2D eigenvalue weighted by atomic mass is 32.1. The fourth-order valence-corrected chi connectivity index (χ4v) is 5.99. The van der Waals surface area contributed by atoms with E-state index in [0.717, 1.165) is 57.7 Å². The second kappa shape index (κ2) is 9.11. The van der Waals surface area contributed by atoms with Crippen molar-refractivity contribution in [2.45, 2.75) is 64.5 Å². The smallest absolute Gasteiger partial charge is 0.223 e. The van der Waals surface area contributed by atoms with Crippen LogP contribution in [0.1, 0.15) is 60.8 Å². The molecule has 30 heavy (non-hydrogen) atoms. The number of aryl methyl sites for hydroxylation is 1. The van der Waals surface area contributed by atoms with E-state index in [1.54, 1.807) is 0 Å². The van der Waals surface area contributed by atoms with E-state index >= 15 is 0 Å². The highest BCUT2D eigenvalue weighted by molar-refractivity contribution is 7.11. The third-order valence-electron chi connectivity index (χ3n) is 6.78. The maximum Gasteiger partial charge on any atom is 0.223 e. The number of nitrogens with zero attached hydrogens (tertiary/aromatic N) is 2. The van der Waals surface area contributed by atoms with Crippen molar-refractivity contribution in [1.82, 2.24) is 9.80 Å². The van der Waals surface area contributed by atoms with Crippen molar-refractivity contribution < 1.29 is 9.53 Å². The molecule has 1 atom stereocenters. The van der Waals surface area contributed by atoms with Gasteiger partial charge in [-0.1, -0.05) is 18.2 Å². The maximum absolute atomic E-state index is 12.9. The van der Waals surface area contributed by atoms with Crippen LogP contribution in [-0.4, -0.2) is 47.5 Å². The Hall–Kier alpha value is -1.85. The van der Waals surface area contributed by atoms with Crippen LogP contribution in [0.3, 0.4) is 0 Å². The van der Waals surface area contributed by atoms with Crippen LogP contribution in [0.15, 0.2) is 36.4 Å². The molecule has 1 aromatic carbocycles. The van der Waals surface area contributed by atoms with Gasteiger partial charge in [0.15, 0.2) is 0 Å². The Morgan fingerprint density at radius 1 is 1.17 bits per heavy atom. The third-order valence-corrected chi connectivity index (χ3v) is 7.77. The van der Waals surface area contributed by atoms with Crippen molar-refractivity contribution in [2.75, 3.05) is 26.2 Å². The molecule has 162 valence electrons. The van der Waals surface area contributed by atoms with E-state index in [1.165, 1.54) is 15.3 Å². The van der Waals surface area contributed by atoms with Gasteiger partial charge in [-0.05, 0) is 63.8 Å². The van der Waals surface area contributed by atoms with Crippen LogP contribution in [0.5, 0.6) is 5.75 Å². The number of likely N-dealkylation sites (tertiary alicyclic amines) is 1. The van der Waals surface area contributed by atoms with Crippen LogP contribution in [0, 0.1) is 6.92 Å². The van der Waals surface area contributed by atoms with Gasteiger partial charge in [-0.3, -0.25) is 9.69 Å². The number of rotatable bonds is 6. The van der Waals surface area contributed by atoms with Gasteiger partial charge < -0.3 is 9.64 Å². The number of carbonyl (C=O) groups excluding carboxylic acids is 1. The number of amides is 1. The summed E-state index contributed by atoms with van der Waals surface area (Å²) in [6.45, 7) is 11.0. The molecule has 2 aliphatic rings. The lowest BCUT2D eigenvalue weighted by molar-refractivity contribution is -0.131. The topological polar surface area (TPSA) is 32.8 Å². The Bertz CT molecular complexity index is 866. The molecule has 1 spiro atoms. The normalized spacial score (nSPS) is 20.6. The number of fused-ring (bicyclic) bond motifs is 1. The zero-order valence-electron chi connectivity index (χ0n) is 18.5. The van der Waals surface area contributed by atoms with Crippen molar-refractivity contribution in [1.29, 1.82) is 0 Å². The zero-order chi connectivity index (χ0) is 21.1. The van der Waals surface area contributed by atoms with Gasteiger partial charge >= 0.3 is 0 Å². The minimum absolute atomic E-state index is 0.134. The average molecular weight is 427 g/mol. The standard InChI is InChI=1S/C25H34N2O2S/c1-4-27(5-2)24(28)16-20-17-25(29-23-9-7-6-8-22(20)23)12-14-26(15-13-25)18-21-11-10-19(3)30-21/h6-11,20H,4-5,12-18H2,1-3H3. The van der Waals surface area contributed by atoms with Gasteiger partial charge in [-0.25, -0.2) is 0 Å². The Morgan fingerprint density at radius 3 is 2.57 bits per heavy atom. The second-order valence-corrected chi connectivity index (χ2v) is 10.2. The molecular formula is C25H34N2O2S. The quantitative estimate of drug-likeness (QED) is 0.635. The zero-order valence-corrected chi connectivity index (χ0v) is 19.3. The third kappa shape index (κ3) is 4.57. The number of ether oxygens (including phenoxy) is 1. The lowest BCUT2D eigenvalue weighted by Crippen LogP contribution is -2.50. The molecule has 4 nitrogen and oxygen atoms in total. The van der Waals surface area contributed by atoms with Crippen LogP contribution >= 0.6 is 11.3 Å². The summed E-state index contributed by atoms with van der Waals surface area (Å²) in [6.07, 6.45) is 3.59. The molecule has 5 heteroatoms. The number of hydrogen-bond acceptors (Lipinski definition) is 4. The van der Waals surface area contributed by atoms with Crippen LogP contribution in [0.2, 0.25) is 0 Å². The summed E-state index contributed by atoms with van der Waals surface area (Å²) < 4.78 is 6.64. The van der Waals surface area contributed by atoms with Gasteiger partial charge in [0.05, 0.1) is 0 Å². The Labute approximate surface area is 184 Å². The van der Waals surface area contributed by atoms with E-state index in [2.05, 4.69) is 62.1 Å². The molecule has 0 N–H and O–H groups in total. The van der Waals surface area contributed by atoms with Crippen LogP contribution in [0.25, 0.3) is 0 Å². The van der Waals surface area contributed by atoms with Crippen molar-refractivity contribution in [2.24, 2.45) is 0 Å². The summed E-state index contributed by atoms with van der Waals surface area (Å²) in [5, 5.41) is 0. The first kappa shape index (κ1) is 21.4. The van der Waals surface area contributed by atoms with E-state index in [0.29, 0.717) is 6.42 Å². The first-order chi connectivity index (χ1) is 14.5. The first-order valence-corrected chi connectivity index (χ1v) is 12.2. The monoisotopic (exact) mass is 426 g/mol. The molecular weight excluding hydrogens is 392 g/mol. The molecule has 1 unspecified atom stereocenters. The van der Waals surface area contributed by atoms with Crippen molar-refractivity contribution >= 4 is 17.2 Å². The first-order valence-electron chi connectivity index (χ1n) is 11.4. The summed E-state index contributed by atoms with van der Waals surface area (Å²) in [5.74, 6) is 1.50. The maximum atomic E-state index is 12.9. The summed E-state index contributed by atoms with van der Waals surface area (Å²) in [4.78, 5) is 20.2. The molecule has 1 aromatic heterocycles. The minimum Gasteiger partial charge on any atom is -0.487 e. The van der Waals surface area contributed by atoms with Crippen LogP contribution < -0.4 is 4.74 Å². The number of thiophene rings is 1. The predicted octanol–water partition coefficient (Wildman–Crippen LogP) is 5.22. The number of hydrogen-bond donors (Lipinski definition) is 0. The molecule has 0 bridgehead atoms. The molecule has 2 aliphatic heterocycles. The van der Waals surface area contributed by atoms with Crippen molar-refractivity contribution in [3.05, 3.63) is 51.7 Å². The molecule has 3 heterocycles. The van der Waals surface area contributed by atoms with Crippen LogP contribution in [0.4, 0.5) is 0 Å². The molecule has 0 saturated carbocycles. The van der Waals surface area contributed by atoms with Crippen molar-refractivity contribution in [3.8, 4) is 5.75 Å². The van der Waals surface area contributed by atoms with E-state index in [9.17, 15) is 4.79 Å². The minimum atomic E-state index is -0.134. The summed E-state index contributed by atoms with van der Waals surface area (Å²) in [6, 6.07) is 12.8. The van der Waals surface area contributed by atoms with Crippen molar-refractivity contribution in [3.63, 3.8) is 0 Å². The number of para-hydroxylation sites is 1. The molecule has 1 saturated heterocycles. The Morgan fingerprint density at radius 2 is 1.90 bits per heavy atom. The lowest BCUT2D eigenvalue weighted by atomic mass is 9.76. The summed E-state index contributed by atoms with van der Waals surface area (Å²) in [7, 11) is 0. The molecule has 2 aromatic rings. The van der Waals surface area contributed by atoms with Gasteiger partial charge in [-0.15, -0.1) is 11.3 Å².